The van der Waals surface area contributed by atoms with Crippen molar-refractivity contribution in [3.8, 4) is 5.75 Å². The van der Waals surface area contributed by atoms with Crippen LogP contribution in [0, 0.1) is 20.2 Å². The van der Waals surface area contributed by atoms with Crippen LogP contribution in [0.2, 0.25) is 0 Å². The molecule has 11 nitrogen and oxygen atoms in total. The molecule has 0 spiro atoms. The SMILES string of the molecule is O=c1[nH]c2ccc(N=Cc3cc([N+](=O)[O-])cc([N+](=O)[O-])c3O)cc2[nH]1. The molecule has 0 saturated heterocycles. The summed E-state index contributed by atoms with van der Waals surface area (Å²) in [4.78, 5) is 40.4. The fraction of sp³-hybridized carbons (Fsp3) is 0. The second-order valence-corrected chi connectivity index (χ2v) is 4.98. The Morgan fingerprint density at radius 1 is 1.04 bits per heavy atom. The summed E-state index contributed by atoms with van der Waals surface area (Å²) in [7, 11) is 0. The fourth-order valence-corrected chi connectivity index (χ4v) is 2.21. The molecule has 0 aliphatic carbocycles. The van der Waals surface area contributed by atoms with Gasteiger partial charge in [0.15, 0.2) is 0 Å². The van der Waals surface area contributed by atoms with E-state index in [0.717, 1.165) is 12.3 Å². The number of aliphatic imine (C=N–C) groups is 1. The second-order valence-electron chi connectivity index (χ2n) is 4.98. The van der Waals surface area contributed by atoms with E-state index in [1.165, 1.54) is 6.07 Å². The van der Waals surface area contributed by atoms with Crippen molar-refractivity contribution in [3.05, 3.63) is 66.6 Å². The van der Waals surface area contributed by atoms with Gasteiger partial charge in [0, 0.05) is 17.8 Å². The number of non-ortho nitro benzene ring substituents is 1. The van der Waals surface area contributed by atoms with Crippen LogP contribution in [0.25, 0.3) is 11.0 Å². The van der Waals surface area contributed by atoms with Crippen molar-refractivity contribution in [1.82, 2.24) is 9.97 Å². The summed E-state index contributed by atoms with van der Waals surface area (Å²) in [6, 6.07) is 6.33. The van der Waals surface area contributed by atoms with Gasteiger partial charge in [-0.05, 0) is 18.2 Å². The summed E-state index contributed by atoms with van der Waals surface area (Å²) in [5.74, 6) is -0.726. The van der Waals surface area contributed by atoms with Gasteiger partial charge >= 0.3 is 11.4 Å². The third-order valence-electron chi connectivity index (χ3n) is 3.36. The van der Waals surface area contributed by atoms with E-state index in [9.17, 15) is 30.1 Å². The zero-order valence-electron chi connectivity index (χ0n) is 12.3. The van der Waals surface area contributed by atoms with Crippen LogP contribution < -0.4 is 5.69 Å². The van der Waals surface area contributed by atoms with Crippen molar-refractivity contribution in [2.45, 2.75) is 0 Å². The molecule has 2 aromatic carbocycles. The zero-order chi connectivity index (χ0) is 18.1. The van der Waals surface area contributed by atoms with Crippen LogP contribution in [0.3, 0.4) is 0 Å². The highest BCUT2D eigenvalue weighted by Gasteiger charge is 2.23. The molecule has 3 rings (SSSR count). The maximum absolute atomic E-state index is 11.2. The highest BCUT2D eigenvalue weighted by molar-refractivity contribution is 5.89. The van der Waals surface area contributed by atoms with Crippen LogP contribution in [0.15, 0.2) is 40.1 Å². The number of hydrogen-bond acceptors (Lipinski definition) is 7. The van der Waals surface area contributed by atoms with E-state index in [1.54, 1.807) is 12.1 Å². The monoisotopic (exact) mass is 343 g/mol. The molecule has 0 radical (unpaired) electrons. The number of hydrogen-bond donors (Lipinski definition) is 3. The number of imidazole rings is 1. The molecule has 0 aliphatic rings. The fourth-order valence-electron chi connectivity index (χ4n) is 2.21. The molecular weight excluding hydrogens is 334 g/mol. The van der Waals surface area contributed by atoms with Crippen LogP contribution >= 0.6 is 0 Å². The quantitative estimate of drug-likeness (QED) is 0.372. The van der Waals surface area contributed by atoms with E-state index in [0.29, 0.717) is 22.8 Å². The van der Waals surface area contributed by atoms with Crippen LogP contribution in [0.5, 0.6) is 5.75 Å². The molecule has 25 heavy (non-hydrogen) atoms. The number of aromatic amines is 2. The Morgan fingerprint density at radius 2 is 1.76 bits per heavy atom. The lowest BCUT2D eigenvalue weighted by Gasteiger charge is -2.01. The number of phenols is 1. The average Bonchev–Trinajstić information content (AvgIpc) is 2.92. The highest BCUT2D eigenvalue weighted by atomic mass is 16.6. The molecule has 126 valence electrons. The Morgan fingerprint density at radius 3 is 2.44 bits per heavy atom. The number of aromatic hydroxyl groups is 1. The van der Waals surface area contributed by atoms with E-state index in [-0.39, 0.29) is 11.3 Å². The van der Waals surface area contributed by atoms with Crippen molar-refractivity contribution in [2.75, 3.05) is 0 Å². The Kier molecular flexibility index (Phi) is 3.73. The van der Waals surface area contributed by atoms with E-state index >= 15 is 0 Å². The highest BCUT2D eigenvalue weighted by Crippen LogP contribution is 2.33. The minimum atomic E-state index is -0.920. The summed E-state index contributed by atoms with van der Waals surface area (Å²) in [6.45, 7) is 0. The average molecular weight is 343 g/mol. The smallest absolute Gasteiger partial charge is 0.323 e. The molecule has 0 bridgehead atoms. The number of aromatic nitrogens is 2. The lowest BCUT2D eigenvalue weighted by Crippen LogP contribution is -1.99. The number of nitro benzene ring substituents is 2. The molecular formula is C14H9N5O6. The van der Waals surface area contributed by atoms with Crippen molar-refractivity contribution in [1.29, 1.82) is 0 Å². The first-order valence-electron chi connectivity index (χ1n) is 6.77. The van der Waals surface area contributed by atoms with Crippen molar-refractivity contribution < 1.29 is 15.0 Å². The van der Waals surface area contributed by atoms with Gasteiger partial charge in [0.25, 0.3) is 5.69 Å². The third kappa shape index (κ3) is 3.06. The summed E-state index contributed by atoms with van der Waals surface area (Å²) >= 11 is 0. The van der Waals surface area contributed by atoms with Gasteiger partial charge in [-0.1, -0.05) is 0 Å². The van der Waals surface area contributed by atoms with Gasteiger partial charge in [-0.2, -0.15) is 0 Å². The van der Waals surface area contributed by atoms with E-state index in [2.05, 4.69) is 15.0 Å². The Hall–Kier alpha value is -4.02. The minimum absolute atomic E-state index is 0.177. The maximum atomic E-state index is 11.2. The molecule has 1 aromatic heterocycles. The summed E-state index contributed by atoms with van der Waals surface area (Å²) in [5, 5.41) is 31.7. The largest absolute Gasteiger partial charge is 0.502 e. The summed E-state index contributed by atoms with van der Waals surface area (Å²) in [6.07, 6.45) is 1.07. The van der Waals surface area contributed by atoms with Crippen molar-refractivity contribution >= 4 is 34.3 Å². The van der Waals surface area contributed by atoms with Gasteiger partial charge in [-0.15, -0.1) is 0 Å². The first-order valence-corrected chi connectivity index (χ1v) is 6.77. The molecule has 0 saturated carbocycles. The van der Waals surface area contributed by atoms with Gasteiger partial charge in [0.1, 0.15) is 0 Å². The number of benzene rings is 2. The Bertz CT molecular complexity index is 1100. The van der Waals surface area contributed by atoms with Crippen molar-refractivity contribution in [3.63, 3.8) is 0 Å². The number of nitro groups is 2. The number of nitrogens with zero attached hydrogens (tertiary/aromatic N) is 3. The van der Waals surface area contributed by atoms with Crippen LogP contribution in [-0.2, 0) is 0 Å². The second kappa shape index (κ2) is 5.88. The van der Waals surface area contributed by atoms with Crippen molar-refractivity contribution in [2.24, 2.45) is 4.99 Å². The predicted octanol–water partition coefficient (Wildman–Crippen LogP) is 2.13. The standard InChI is InChI=1S/C14H9N5O6/c20-13-7(3-9(18(22)23)5-12(13)19(24)25)6-15-8-1-2-10-11(4-8)17-14(21)16-10/h1-6,20H,(H2,16,17,21). The lowest BCUT2D eigenvalue weighted by molar-refractivity contribution is -0.394. The number of phenolic OH excluding ortho intramolecular Hbond substituents is 1. The predicted molar refractivity (Wildman–Crippen MR) is 87.6 cm³/mol. The van der Waals surface area contributed by atoms with Crippen LogP contribution in [0.4, 0.5) is 17.1 Å². The maximum Gasteiger partial charge on any atom is 0.323 e. The van der Waals surface area contributed by atoms with E-state index in [1.807, 2.05) is 0 Å². The van der Waals surface area contributed by atoms with Gasteiger partial charge in [0.05, 0.1) is 32.6 Å². The number of fused-ring (bicyclic) bond motifs is 1. The summed E-state index contributed by atoms with van der Waals surface area (Å²) in [5.41, 5.74) is -0.466. The molecule has 0 aliphatic heterocycles. The first kappa shape index (κ1) is 15.9. The first-order chi connectivity index (χ1) is 11.8. The third-order valence-corrected chi connectivity index (χ3v) is 3.36. The van der Waals surface area contributed by atoms with Gasteiger partial charge in [0.2, 0.25) is 5.75 Å². The van der Waals surface area contributed by atoms with E-state index < -0.39 is 27.0 Å². The van der Waals surface area contributed by atoms with Gasteiger partial charge in [-0.3, -0.25) is 25.2 Å². The Labute approximate surface area is 137 Å². The van der Waals surface area contributed by atoms with E-state index in [4.69, 9.17) is 0 Å². The molecule has 11 heteroatoms. The minimum Gasteiger partial charge on any atom is -0.502 e. The number of rotatable bonds is 4. The van der Waals surface area contributed by atoms with Gasteiger partial charge < -0.3 is 15.1 Å². The number of H-pyrrole nitrogens is 2. The topological polar surface area (TPSA) is 168 Å². The molecule has 0 fully saturated rings. The zero-order valence-corrected chi connectivity index (χ0v) is 12.3. The molecule has 3 N–H and O–H groups in total. The van der Waals surface area contributed by atoms with Gasteiger partial charge in [-0.25, -0.2) is 4.79 Å². The molecule has 3 aromatic rings. The Balaban J connectivity index is 2.05. The number of nitrogens with one attached hydrogen (secondary N) is 2. The summed E-state index contributed by atoms with van der Waals surface area (Å²) < 4.78 is 0. The molecule has 1 heterocycles. The van der Waals surface area contributed by atoms with Crippen LogP contribution in [-0.4, -0.2) is 31.1 Å². The van der Waals surface area contributed by atoms with Crippen LogP contribution in [0.1, 0.15) is 5.56 Å². The molecule has 0 unspecified atom stereocenters. The normalized spacial score (nSPS) is 11.2. The molecule has 0 atom stereocenters. The molecule has 0 amide bonds. The lowest BCUT2D eigenvalue weighted by atomic mass is 10.1.